The van der Waals surface area contributed by atoms with Crippen LogP contribution in [0.5, 0.6) is 0 Å². The van der Waals surface area contributed by atoms with Gasteiger partial charge in [0.2, 0.25) is 0 Å². The van der Waals surface area contributed by atoms with E-state index in [9.17, 15) is 0 Å². The molecule has 17 heavy (non-hydrogen) atoms. The molecule has 1 aliphatic heterocycles. The van der Waals surface area contributed by atoms with Crippen LogP contribution in [0.1, 0.15) is 32.1 Å². The Bertz CT molecular complexity index is 224. The first-order valence-corrected chi connectivity index (χ1v) is 7.21. The van der Waals surface area contributed by atoms with Gasteiger partial charge < -0.3 is 15.5 Å². The van der Waals surface area contributed by atoms with Gasteiger partial charge in [0.25, 0.3) is 0 Å². The van der Waals surface area contributed by atoms with Crippen molar-refractivity contribution in [3.05, 3.63) is 0 Å². The maximum absolute atomic E-state index is 5.94. The fourth-order valence-corrected chi connectivity index (χ4v) is 3.43. The van der Waals surface area contributed by atoms with Crippen molar-refractivity contribution in [1.82, 2.24) is 9.80 Å². The van der Waals surface area contributed by atoms with Crippen LogP contribution >= 0.6 is 0 Å². The standard InChI is InChI=1S/C14H29N3/c1-16-8-4-13(5-9-16)10-17(2)12-14(11-15)6-3-7-14/h13H,3-12,15H2,1-2H3. The molecule has 1 heterocycles. The Balaban J connectivity index is 1.71. The van der Waals surface area contributed by atoms with Gasteiger partial charge in [0, 0.05) is 13.1 Å². The number of nitrogens with zero attached hydrogens (tertiary/aromatic N) is 2. The number of nitrogens with two attached hydrogens (primary N) is 1. The Kier molecular flexibility index (Phi) is 4.45. The van der Waals surface area contributed by atoms with Crippen LogP contribution in [0.15, 0.2) is 0 Å². The number of likely N-dealkylation sites (tertiary alicyclic amines) is 1. The maximum Gasteiger partial charge on any atom is 0.00471 e. The second-order valence-electron chi connectivity index (χ2n) is 6.50. The fourth-order valence-electron chi connectivity index (χ4n) is 3.43. The molecule has 2 aliphatic rings. The molecule has 100 valence electrons. The van der Waals surface area contributed by atoms with Gasteiger partial charge in [-0.15, -0.1) is 0 Å². The predicted molar refractivity (Wildman–Crippen MR) is 73.1 cm³/mol. The molecule has 3 heteroatoms. The summed E-state index contributed by atoms with van der Waals surface area (Å²) in [4.78, 5) is 4.99. The van der Waals surface area contributed by atoms with Crippen LogP contribution < -0.4 is 5.73 Å². The van der Waals surface area contributed by atoms with Crippen molar-refractivity contribution in [2.75, 3.05) is 46.8 Å². The Labute approximate surface area is 106 Å². The molecular formula is C14H29N3. The third-order valence-electron chi connectivity index (χ3n) is 4.86. The summed E-state index contributed by atoms with van der Waals surface area (Å²) in [6.45, 7) is 5.93. The summed E-state index contributed by atoms with van der Waals surface area (Å²) in [5.74, 6) is 0.908. The minimum absolute atomic E-state index is 0.472. The third kappa shape index (κ3) is 3.43. The number of hydrogen-bond acceptors (Lipinski definition) is 3. The van der Waals surface area contributed by atoms with Crippen molar-refractivity contribution in [3.63, 3.8) is 0 Å². The molecule has 1 saturated heterocycles. The highest BCUT2D eigenvalue weighted by Gasteiger charge is 2.36. The molecular weight excluding hydrogens is 210 g/mol. The Morgan fingerprint density at radius 1 is 1.29 bits per heavy atom. The van der Waals surface area contributed by atoms with Crippen molar-refractivity contribution >= 4 is 0 Å². The number of hydrogen-bond donors (Lipinski definition) is 1. The summed E-state index contributed by atoms with van der Waals surface area (Å²) < 4.78 is 0. The molecule has 2 fully saturated rings. The van der Waals surface area contributed by atoms with E-state index in [0.29, 0.717) is 5.41 Å². The molecule has 0 atom stereocenters. The Hall–Kier alpha value is -0.120. The molecule has 0 amide bonds. The summed E-state index contributed by atoms with van der Waals surface area (Å²) in [5.41, 5.74) is 6.41. The second kappa shape index (κ2) is 5.68. The lowest BCUT2D eigenvalue weighted by Gasteiger charge is -2.44. The van der Waals surface area contributed by atoms with E-state index < -0.39 is 0 Å². The number of piperidine rings is 1. The normalized spacial score (nSPS) is 26.1. The molecule has 0 bridgehead atoms. The smallest absolute Gasteiger partial charge is 0.00471 e. The topological polar surface area (TPSA) is 32.5 Å². The van der Waals surface area contributed by atoms with Crippen molar-refractivity contribution in [2.45, 2.75) is 32.1 Å². The SMILES string of the molecule is CN1CCC(CN(C)CC2(CN)CCC2)CC1. The van der Waals surface area contributed by atoms with E-state index in [2.05, 4.69) is 23.9 Å². The molecule has 0 aromatic rings. The number of rotatable bonds is 5. The highest BCUT2D eigenvalue weighted by Crippen LogP contribution is 2.40. The van der Waals surface area contributed by atoms with Crippen LogP contribution in [0.4, 0.5) is 0 Å². The van der Waals surface area contributed by atoms with Crippen molar-refractivity contribution in [2.24, 2.45) is 17.1 Å². The Morgan fingerprint density at radius 3 is 2.41 bits per heavy atom. The summed E-state index contributed by atoms with van der Waals surface area (Å²) in [6.07, 6.45) is 6.83. The average molecular weight is 239 g/mol. The van der Waals surface area contributed by atoms with Crippen molar-refractivity contribution in [3.8, 4) is 0 Å². The van der Waals surface area contributed by atoms with Gasteiger partial charge in [0.05, 0.1) is 0 Å². The molecule has 3 nitrogen and oxygen atoms in total. The molecule has 2 rings (SSSR count). The van der Waals surface area contributed by atoms with E-state index in [4.69, 9.17) is 5.73 Å². The minimum atomic E-state index is 0.472. The van der Waals surface area contributed by atoms with Gasteiger partial charge in [0.15, 0.2) is 0 Å². The molecule has 0 aromatic carbocycles. The van der Waals surface area contributed by atoms with Crippen LogP contribution in [0, 0.1) is 11.3 Å². The van der Waals surface area contributed by atoms with E-state index in [1.165, 1.54) is 58.3 Å². The van der Waals surface area contributed by atoms with Gasteiger partial charge in [-0.3, -0.25) is 0 Å². The molecule has 0 spiro atoms. The van der Waals surface area contributed by atoms with Crippen LogP contribution in [-0.2, 0) is 0 Å². The van der Waals surface area contributed by atoms with E-state index >= 15 is 0 Å². The van der Waals surface area contributed by atoms with Gasteiger partial charge in [-0.25, -0.2) is 0 Å². The predicted octanol–water partition coefficient (Wildman–Crippen LogP) is 1.39. The summed E-state index contributed by atoms with van der Waals surface area (Å²) in [6, 6.07) is 0. The van der Waals surface area contributed by atoms with Gasteiger partial charge in [0.1, 0.15) is 0 Å². The summed E-state index contributed by atoms with van der Waals surface area (Å²) >= 11 is 0. The minimum Gasteiger partial charge on any atom is -0.330 e. The quantitative estimate of drug-likeness (QED) is 0.787. The zero-order valence-electron chi connectivity index (χ0n) is 11.6. The lowest BCUT2D eigenvalue weighted by Crippen LogP contribution is -2.47. The molecule has 1 aliphatic carbocycles. The van der Waals surface area contributed by atoms with E-state index in [-0.39, 0.29) is 0 Å². The van der Waals surface area contributed by atoms with Crippen LogP contribution in [0.25, 0.3) is 0 Å². The molecule has 0 aromatic heterocycles. The molecule has 2 N–H and O–H groups in total. The van der Waals surface area contributed by atoms with E-state index in [1.807, 2.05) is 0 Å². The van der Waals surface area contributed by atoms with E-state index in [1.54, 1.807) is 0 Å². The highest BCUT2D eigenvalue weighted by atomic mass is 15.1. The first-order chi connectivity index (χ1) is 8.13. The van der Waals surface area contributed by atoms with Gasteiger partial charge in [-0.05, 0) is 70.7 Å². The van der Waals surface area contributed by atoms with Crippen molar-refractivity contribution in [1.29, 1.82) is 0 Å². The summed E-state index contributed by atoms with van der Waals surface area (Å²) in [7, 11) is 4.52. The van der Waals surface area contributed by atoms with Gasteiger partial charge in [-0.2, -0.15) is 0 Å². The largest absolute Gasteiger partial charge is 0.330 e. The van der Waals surface area contributed by atoms with Crippen LogP contribution in [0.2, 0.25) is 0 Å². The zero-order chi connectivity index (χ0) is 12.3. The molecule has 0 unspecified atom stereocenters. The maximum atomic E-state index is 5.94. The average Bonchev–Trinajstić information content (AvgIpc) is 2.27. The summed E-state index contributed by atoms with van der Waals surface area (Å²) in [5, 5.41) is 0. The molecule has 1 saturated carbocycles. The second-order valence-corrected chi connectivity index (χ2v) is 6.50. The fraction of sp³-hybridized carbons (Fsp3) is 1.00. The lowest BCUT2D eigenvalue weighted by atomic mass is 9.68. The third-order valence-corrected chi connectivity index (χ3v) is 4.86. The van der Waals surface area contributed by atoms with Gasteiger partial charge in [-0.1, -0.05) is 6.42 Å². The lowest BCUT2D eigenvalue weighted by molar-refractivity contribution is 0.0723. The van der Waals surface area contributed by atoms with Crippen LogP contribution in [-0.4, -0.2) is 56.6 Å². The Morgan fingerprint density at radius 2 is 1.94 bits per heavy atom. The monoisotopic (exact) mass is 239 g/mol. The molecule has 0 radical (unpaired) electrons. The van der Waals surface area contributed by atoms with Gasteiger partial charge >= 0.3 is 0 Å². The first-order valence-electron chi connectivity index (χ1n) is 7.21. The van der Waals surface area contributed by atoms with E-state index in [0.717, 1.165) is 12.5 Å². The zero-order valence-corrected chi connectivity index (χ0v) is 11.6. The van der Waals surface area contributed by atoms with Crippen molar-refractivity contribution < 1.29 is 0 Å². The highest BCUT2D eigenvalue weighted by molar-refractivity contribution is 4.91. The van der Waals surface area contributed by atoms with Crippen LogP contribution in [0.3, 0.4) is 0 Å². The first kappa shape index (κ1) is 13.3.